The van der Waals surface area contributed by atoms with Crippen LogP contribution in [0, 0.1) is 6.92 Å². The molecule has 4 aromatic rings. The van der Waals surface area contributed by atoms with E-state index < -0.39 is 28.5 Å². The van der Waals surface area contributed by atoms with Gasteiger partial charge in [-0.2, -0.15) is 0 Å². The minimum absolute atomic E-state index is 0.0247. The van der Waals surface area contributed by atoms with E-state index in [0.29, 0.717) is 27.7 Å². The van der Waals surface area contributed by atoms with Crippen molar-refractivity contribution in [2.45, 2.75) is 50.6 Å². The highest BCUT2D eigenvalue weighted by Gasteiger charge is 2.35. The van der Waals surface area contributed by atoms with Crippen LogP contribution in [-0.2, 0) is 32.6 Å². The van der Waals surface area contributed by atoms with Gasteiger partial charge in [0.25, 0.3) is 10.0 Å². The number of anilines is 1. The fraction of sp³-hybridized carbons (Fsp3) is 0.257. The molecular formula is C35H37Cl2N3O4S. The van der Waals surface area contributed by atoms with Crippen LogP contribution in [0.2, 0.25) is 10.0 Å². The van der Waals surface area contributed by atoms with Gasteiger partial charge in [-0.25, -0.2) is 8.42 Å². The van der Waals surface area contributed by atoms with Gasteiger partial charge in [-0.1, -0.05) is 103 Å². The number of sulfonamides is 1. The zero-order valence-corrected chi connectivity index (χ0v) is 27.7. The molecule has 0 aliphatic rings. The largest absolute Gasteiger partial charge is 0.354 e. The Bertz CT molecular complexity index is 1700. The molecule has 7 nitrogen and oxygen atoms in total. The standard InChI is InChI=1S/C35H37Cl2N3O4S/c1-3-4-20-38-35(42)33(22-27-12-7-5-8-13-27)39(24-28-14-11-15-29(36)21-28)34(41)25-40(32-23-30(37)19-18-26(32)2)45(43,44)31-16-9-6-10-17-31/h5-19,21,23,33H,3-4,20,22,24-25H2,1-2H3,(H,38,42). The Balaban J connectivity index is 1.81. The molecule has 2 amide bonds. The molecule has 0 heterocycles. The third kappa shape index (κ3) is 9.10. The number of unbranched alkanes of at least 4 members (excludes halogenated alkanes) is 1. The van der Waals surface area contributed by atoms with E-state index in [0.717, 1.165) is 22.7 Å². The van der Waals surface area contributed by atoms with Crippen LogP contribution in [0.5, 0.6) is 0 Å². The molecule has 1 atom stereocenters. The normalized spacial score (nSPS) is 11.9. The molecule has 0 aliphatic carbocycles. The predicted molar refractivity (Wildman–Crippen MR) is 181 cm³/mol. The van der Waals surface area contributed by atoms with Crippen molar-refractivity contribution in [2.24, 2.45) is 0 Å². The summed E-state index contributed by atoms with van der Waals surface area (Å²) in [5.74, 6) is -0.875. The molecule has 4 aromatic carbocycles. The van der Waals surface area contributed by atoms with Gasteiger partial charge < -0.3 is 10.2 Å². The minimum Gasteiger partial charge on any atom is -0.354 e. The van der Waals surface area contributed by atoms with Gasteiger partial charge in [-0.3, -0.25) is 13.9 Å². The summed E-state index contributed by atoms with van der Waals surface area (Å²) in [7, 11) is -4.22. The molecule has 0 saturated heterocycles. The average Bonchev–Trinajstić information content (AvgIpc) is 3.03. The Morgan fingerprint density at radius 2 is 1.47 bits per heavy atom. The van der Waals surface area contributed by atoms with Crippen LogP contribution in [0.1, 0.15) is 36.5 Å². The van der Waals surface area contributed by atoms with Crippen LogP contribution in [0.15, 0.2) is 108 Å². The lowest BCUT2D eigenvalue weighted by Gasteiger charge is -2.34. The molecule has 0 saturated carbocycles. The van der Waals surface area contributed by atoms with E-state index in [2.05, 4.69) is 5.32 Å². The molecule has 0 radical (unpaired) electrons. The molecule has 1 N–H and O–H groups in total. The van der Waals surface area contributed by atoms with Crippen molar-refractivity contribution < 1.29 is 18.0 Å². The highest BCUT2D eigenvalue weighted by molar-refractivity contribution is 7.92. The van der Waals surface area contributed by atoms with Crippen LogP contribution < -0.4 is 9.62 Å². The maximum atomic E-state index is 14.5. The van der Waals surface area contributed by atoms with Gasteiger partial charge in [-0.05, 0) is 66.4 Å². The van der Waals surface area contributed by atoms with Gasteiger partial charge in [0.2, 0.25) is 11.8 Å². The molecule has 0 aliphatic heterocycles. The molecule has 1 unspecified atom stereocenters. The van der Waals surface area contributed by atoms with Crippen molar-refractivity contribution >= 4 is 50.7 Å². The number of hydrogen-bond acceptors (Lipinski definition) is 4. The molecule has 236 valence electrons. The molecule has 0 bridgehead atoms. The zero-order chi connectivity index (χ0) is 32.4. The fourth-order valence-corrected chi connectivity index (χ4v) is 6.85. The summed E-state index contributed by atoms with van der Waals surface area (Å²) in [5, 5.41) is 3.79. The van der Waals surface area contributed by atoms with Gasteiger partial charge in [0.15, 0.2) is 0 Å². The molecule has 45 heavy (non-hydrogen) atoms. The third-order valence-electron chi connectivity index (χ3n) is 7.39. The van der Waals surface area contributed by atoms with E-state index in [4.69, 9.17) is 23.2 Å². The molecule has 10 heteroatoms. The lowest BCUT2D eigenvalue weighted by molar-refractivity contribution is -0.140. The van der Waals surface area contributed by atoms with Crippen molar-refractivity contribution in [3.8, 4) is 0 Å². The Morgan fingerprint density at radius 1 is 0.822 bits per heavy atom. The summed E-state index contributed by atoms with van der Waals surface area (Å²) in [4.78, 5) is 29.8. The van der Waals surface area contributed by atoms with Crippen molar-refractivity contribution in [2.75, 3.05) is 17.4 Å². The van der Waals surface area contributed by atoms with Crippen LogP contribution in [0.3, 0.4) is 0 Å². The minimum atomic E-state index is -4.22. The monoisotopic (exact) mass is 665 g/mol. The van der Waals surface area contributed by atoms with E-state index in [1.165, 1.54) is 23.1 Å². The van der Waals surface area contributed by atoms with Crippen molar-refractivity contribution in [3.05, 3.63) is 130 Å². The van der Waals surface area contributed by atoms with E-state index in [-0.39, 0.29) is 29.5 Å². The van der Waals surface area contributed by atoms with E-state index in [1.807, 2.05) is 43.3 Å². The highest BCUT2D eigenvalue weighted by atomic mass is 35.5. The molecule has 0 fully saturated rings. The lowest BCUT2D eigenvalue weighted by Crippen LogP contribution is -2.53. The molecule has 0 spiro atoms. The summed E-state index contributed by atoms with van der Waals surface area (Å²) in [6.07, 6.45) is 1.90. The summed E-state index contributed by atoms with van der Waals surface area (Å²) in [6.45, 7) is 3.71. The fourth-order valence-electron chi connectivity index (χ4n) is 4.98. The maximum absolute atomic E-state index is 14.5. The van der Waals surface area contributed by atoms with Gasteiger partial charge in [-0.15, -0.1) is 0 Å². The van der Waals surface area contributed by atoms with Crippen LogP contribution in [0.25, 0.3) is 0 Å². The highest BCUT2D eigenvalue weighted by Crippen LogP contribution is 2.30. The van der Waals surface area contributed by atoms with Crippen LogP contribution >= 0.6 is 23.2 Å². The van der Waals surface area contributed by atoms with Crippen molar-refractivity contribution in [1.29, 1.82) is 0 Å². The van der Waals surface area contributed by atoms with E-state index in [9.17, 15) is 18.0 Å². The second-order valence-electron chi connectivity index (χ2n) is 10.8. The Morgan fingerprint density at radius 3 is 2.13 bits per heavy atom. The number of aryl methyl sites for hydroxylation is 1. The second-order valence-corrected chi connectivity index (χ2v) is 13.5. The first-order chi connectivity index (χ1) is 21.6. The molecular weight excluding hydrogens is 629 g/mol. The summed E-state index contributed by atoms with van der Waals surface area (Å²) in [6, 6.07) is 28.4. The summed E-state index contributed by atoms with van der Waals surface area (Å²) < 4.78 is 29.4. The van der Waals surface area contributed by atoms with Crippen LogP contribution in [0.4, 0.5) is 5.69 Å². The smallest absolute Gasteiger partial charge is 0.264 e. The van der Waals surface area contributed by atoms with Gasteiger partial charge in [0.1, 0.15) is 12.6 Å². The van der Waals surface area contributed by atoms with Crippen LogP contribution in [-0.4, -0.2) is 44.3 Å². The first kappa shape index (κ1) is 34.0. The first-order valence-corrected chi connectivity index (χ1v) is 17.0. The second kappa shape index (κ2) is 15.9. The summed E-state index contributed by atoms with van der Waals surface area (Å²) in [5.41, 5.74) is 2.45. The number of halogens is 2. The quantitative estimate of drug-likeness (QED) is 0.146. The third-order valence-corrected chi connectivity index (χ3v) is 9.64. The van der Waals surface area contributed by atoms with Crippen molar-refractivity contribution in [3.63, 3.8) is 0 Å². The van der Waals surface area contributed by atoms with E-state index >= 15 is 0 Å². The number of nitrogens with one attached hydrogen (secondary N) is 1. The molecule has 0 aromatic heterocycles. The number of rotatable bonds is 14. The van der Waals surface area contributed by atoms with Gasteiger partial charge in [0, 0.05) is 29.6 Å². The van der Waals surface area contributed by atoms with Crippen molar-refractivity contribution in [1.82, 2.24) is 10.2 Å². The lowest BCUT2D eigenvalue weighted by atomic mass is 10.0. The average molecular weight is 667 g/mol. The predicted octanol–water partition coefficient (Wildman–Crippen LogP) is 7.05. The SMILES string of the molecule is CCCCNC(=O)C(Cc1ccccc1)N(Cc1cccc(Cl)c1)C(=O)CN(c1cc(Cl)ccc1C)S(=O)(=O)c1ccccc1. The Hall–Kier alpha value is -3.85. The number of carbonyl (C=O) groups excluding carboxylic acids is 2. The Kier molecular flexibility index (Phi) is 12.0. The van der Waals surface area contributed by atoms with E-state index in [1.54, 1.807) is 55.5 Å². The summed E-state index contributed by atoms with van der Waals surface area (Å²) >= 11 is 12.6. The number of benzene rings is 4. The number of nitrogens with zero attached hydrogens (tertiary/aromatic N) is 2. The number of carbonyl (C=O) groups is 2. The number of hydrogen-bond donors (Lipinski definition) is 1. The maximum Gasteiger partial charge on any atom is 0.264 e. The number of amides is 2. The first-order valence-electron chi connectivity index (χ1n) is 14.8. The zero-order valence-electron chi connectivity index (χ0n) is 25.3. The Labute approximate surface area is 275 Å². The van der Waals surface area contributed by atoms with Gasteiger partial charge >= 0.3 is 0 Å². The molecule has 4 rings (SSSR count). The van der Waals surface area contributed by atoms with Gasteiger partial charge in [0.05, 0.1) is 10.6 Å². The topological polar surface area (TPSA) is 86.8 Å².